The minimum absolute atomic E-state index is 0.211. The average Bonchev–Trinajstić information content (AvgIpc) is 2.81. The van der Waals surface area contributed by atoms with Gasteiger partial charge in [0.1, 0.15) is 5.66 Å². The molecule has 7 heteroatoms. The molecule has 1 aliphatic rings. The van der Waals surface area contributed by atoms with Crippen LogP contribution >= 0.6 is 0 Å². The van der Waals surface area contributed by atoms with Gasteiger partial charge in [0.15, 0.2) is 5.76 Å². The zero-order chi connectivity index (χ0) is 14.4. The molecule has 2 heterocycles. The maximum absolute atomic E-state index is 12.3. The Labute approximate surface area is 110 Å². The topological polar surface area (TPSA) is 48.7 Å². The molecule has 1 saturated heterocycles. The molecule has 1 aromatic rings. The van der Waals surface area contributed by atoms with E-state index in [1.165, 1.54) is 12.1 Å². The lowest BCUT2D eigenvalue weighted by atomic mass is 9.86. The predicted molar refractivity (Wildman–Crippen MR) is 64.8 cm³/mol. The largest absolute Gasteiger partial charge is 0.532 e. The first-order chi connectivity index (χ1) is 8.64. The maximum atomic E-state index is 12.3. The fourth-order valence-corrected chi connectivity index (χ4v) is 1.68. The standard InChI is InChI=1S/C12H15BF2O4/c1-11(2)12(3,4)19-13(18-11)8-6-5-7(17-8)9(16)10(14)15/h5-6,10H,1-4H3. The summed E-state index contributed by atoms with van der Waals surface area (Å²) < 4.78 is 41.0. The van der Waals surface area contributed by atoms with E-state index in [1.54, 1.807) is 0 Å². The van der Waals surface area contributed by atoms with Crippen LogP contribution in [0.25, 0.3) is 0 Å². The Kier molecular flexibility index (Phi) is 3.30. The van der Waals surface area contributed by atoms with E-state index < -0.39 is 30.5 Å². The van der Waals surface area contributed by atoms with E-state index in [9.17, 15) is 13.6 Å². The van der Waals surface area contributed by atoms with Crippen molar-refractivity contribution < 1.29 is 27.3 Å². The van der Waals surface area contributed by atoms with Crippen molar-refractivity contribution in [2.75, 3.05) is 0 Å². The molecule has 0 radical (unpaired) electrons. The molecule has 0 bridgehead atoms. The van der Waals surface area contributed by atoms with Crippen LogP contribution in [-0.2, 0) is 9.31 Å². The normalized spacial score (nSPS) is 21.1. The summed E-state index contributed by atoms with van der Waals surface area (Å²) in [6.45, 7) is 7.45. The molecule has 1 fully saturated rings. The summed E-state index contributed by atoms with van der Waals surface area (Å²) >= 11 is 0. The number of carbonyl (C=O) groups is 1. The van der Waals surface area contributed by atoms with Crippen LogP contribution in [0.4, 0.5) is 8.78 Å². The Morgan fingerprint density at radius 2 is 1.68 bits per heavy atom. The average molecular weight is 272 g/mol. The van der Waals surface area contributed by atoms with Crippen LogP contribution in [0.2, 0.25) is 0 Å². The van der Waals surface area contributed by atoms with E-state index in [2.05, 4.69) is 0 Å². The second kappa shape index (κ2) is 4.42. The molecule has 104 valence electrons. The highest BCUT2D eigenvalue weighted by Crippen LogP contribution is 2.36. The number of ketones is 1. The van der Waals surface area contributed by atoms with E-state index in [0.29, 0.717) is 0 Å². The van der Waals surface area contributed by atoms with Crippen molar-refractivity contribution in [1.82, 2.24) is 0 Å². The van der Waals surface area contributed by atoms with Gasteiger partial charge in [0, 0.05) is 0 Å². The van der Waals surface area contributed by atoms with Gasteiger partial charge in [-0.1, -0.05) is 0 Å². The summed E-state index contributed by atoms with van der Waals surface area (Å²) in [4.78, 5) is 11.1. The molecule has 0 amide bonds. The maximum Gasteiger partial charge on any atom is 0.532 e. The first kappa shape index (κ1) is 14.2. The quantitative estimate of drug-likeness (QED) is 0.624. The molecular weight excluding hydrogens is 257 g/mol. The Balaban J connectivity index is 2.20. The second-order valence-corrected chi connectivity index (χ2v) is 5.46. The predicted octanol–water partition coefficient (Wildman–Crippen LogP) is 2.03. The molecule has 0 atom stereocenters. The molecule has 1 aliphatic heterocycles. The monoisotopic (exact) mass is 272 g/mol. The molecule has 0 spiro atoms. The van der Waals surface area contributed by atoms with Gasteiger partial charge in [-0.25, -0.2) is 8.78 Å². The molecule has 2 rings (SSSR count). The molecule has 4 nitrogen and oxygen atoms in total. The van der Waals surface area contributed by atoms with Crippen molar-refractivity contribution in [1.29, 1.82) is 0 Å². The summed E-state index contributed by atoms with van der Waals surface area (Å²) in [6.07, 6.45) is -3.09. The smallest absolute Gasteiger partial charge is 0.461 e. The van der Waals surface area contributed by atoms with Crippen LogP contribution in [0, 0.1) is 0 Å². The lowest BCUT2D eigenvalue weighted by Crippen LogP contribution is -2.41. The SMILES string of the molecule is CC1(C)OB(c2ccc(C(=O)C(F)F)o2)OC1(C)C. The highest BCUT2D eigenvalue weighted by molar-refractivity contribution is 6.60. The fraction of sp³-hybridized carbons (Fsp3) is 0.583. The summed E-state index contributed by atoms with van der Waals surface area (Å²) in [7, 11) is -0.802. The van der Waals surface area contributed by atoms with Crippen molar-refractivity contribution in [3.63, 3.8) is 0 Å². The summed E-state index contributed by atoms with van der Waals surface area (Å²) in [5.74, 6) is -1.73. The highest BCUT2D eigenvalue weighted by atomic mass is 19.3. The Hall–Kier alpha value is -1.21. The summed E-state index contributed by atoms with van der Waals surface area (Å²) in [5.41, 5.74) is -0.906. The van der Waals surface area contributed by atoms with Crippen molar-refractivity contribution in [3.8, 4) is 0 Å². The third-order valence-electron chi connectivity index (χ3n) is 3.55. The number of Topliss-reactive ketones (excluding diaryl/α,β-unsaturated/α-hetero) is 1. The molecule has 1 aromatic heterocycles. The first-order valence-electron chi connectivity index (χ1n) is 5.92. The van der Waals surface area contributed by atoms with E-state index >= 15 is 0 Å². The van der Waals surface area contributed by atoms with Gasteiger partial charge in [-0.15, -0.1) is 0 Å². The van der Waals surface area contributed by atoms with Crippen LogP contribution < -0.4 is 5.66 Å². The summed E-state index contributed by atoms with van der Waals surface area (Å²) in [6, 6.07) is 2.62. The van der Waals surface area contributed by atoms with Crippen LogP contribution in [-0.4, -0.2) is 30.5 Å². The molecule has 0 aliphatic carbocycles. The summed E-state index contributed by atoms with van der Waals surface area (Å²) in [5, 5.41) is 0. The molecule has 0 aromatic carbocycles. The van der Waals surface area contributed by atoms with Crippen LogP contribution in [0.5, 0.6) is 0 Å². The van der Waals surface area contributed by atoms with Crippen molar-refractivity contribution in [2.45, 2.75) is 45.3 Å². The van der Waals surface area contributed by atoms with E-state index in [-0.39, 0.29) is 11.4 Å². The van der Waals surface area contributed by atoms with Crippen molar-refractivity contribution in [2.24, 2.45) is 0 Å². The number of hydrogen-bond donors (Lipinski definition) is 0. The minimum Gasteiger partial charge on any atom is -0.461 e. The first-order valence-corrected chi connectivity index (χ1v) is 5.92. The zero-order valence-electron chi connectivity index (χ0n) is 11.2. The van der Waals surface area contributed by atoms with Crippen molar-refractivity contribution in [3.05, 3.63) is 17.9 Å². The third kappa shape index (κ3) is 2.44. The minimum atomic E-state index is -3.09. The number of carbonyl (C=O) groups excluding carboxylic acids is 1. The van der Waals surface area contributed by atoms with E-state index in [0.717, 1.165) is 0 Å². The number of halogens is 2. The Morgan fingerprint density at radius 3 is 2.16 bits per heavy atom. The van der Waals surface area contributed by atoms with Gasteiger partial charge in [-0.2, -0.15) is 0 Å². The number of rotatable bonds is 3. The number of furan rings is 1. The Morgan fingerprint density at radius 1 is 1.16 bits per heavy atom. The van der Waals surface area contributed by atoms with Gasteiger partial charge < -0.3 is 13.7 Å². The van der Waals surface area contributed by atoms with Gasteiger partial charge in [0.2, 0.25) is 0 Å². The molecule has 0 unspecified atom stereocenters. The van der Waals surface area contributed by atoms with Gasteiger partial charge in [0.25, 0.3) is 5.78 Å². The molecule has 19 heavy (non-hydrogen) atoms. The third-order valence-corrected chi connectivity index (χ3v) is 3.55. The van der Waals surface area contributed by atoms with Crippen molar-refractivity contribution >= 4 is 18.6 Å². The van der Waals surface area contributed by atoms with Gasteiger partial charge >= 0.3 is 13.5 Å². The molecule has 0 saturated carbocycles. The lowest BCUT2D eigenvalue weighted by Gasteiger charge is -2.32. The number of hydrogen-bond acceptors (Lipinski definition) is 4. The zero-order valence-corrected chi connectivity index (χ0v) is 11.2. The molecule has 0 N–H and O–H groups in total. The van der Waals surface area contributed by atoms with Crippen LogP contribution in [0.1, 0.15) is 38.2 Å². The number of alkyl halides is 2. The lowest BCUT2D eigenvalue weighted by molar-refractivity contribution is 0.00578. The second-order valence-electron chi connectivity index (χ2n) is 5.46. The van der Waals surface area contributed by atoms with Crippen LogP contribution in [0.3, 0.4) is 0 Å². The fourth-order valence-electron chi connectivity index (χ4n) is 1.68. The Bertz CT molecular complexity index is 480. The van der Waals surface area contributed by atoms with Gasteiger partial charge in [-0.05, 0) is 39.8 Å². The van der Waals surface area contributed by atoms with Gasteiger partial charge in [-0.3, -0.25) is 4.79 Å². The van der Waals surface area contributed by atoms with Crippen LogP contribution in [0.15, 0.2) is 16.5 Å². The van der Waals surface area contributed by atoms with E-state index in [1.807, 2.05) is 27.7 Å². The van der Waals surface area contributed by atoms with E-state index in [4.69, 9.17) is 13.7 Å². The van der Waals surface area contributed by atoms with Gasteiger partial charge in [0.05, 0.1) is 11.2 Å². The highest BCUT2D eigenvalue weighted by Gasteiger charge is 2.53. The molecular formula is C12H15BF2O4.